The van der Waals surface area contributed by atoms with Gasteiger partial charge in [0.1, 0.15) is 5.75 Å². The fourth-order valence-corrected chi connectivity index (χ4v) is 7.15. The van der Waals surface area contributed by atoms with Crippen LogP contribution in [0.2, 0.25) is 0 Å². The number of aliphatic hydroxyl groups is 1. The summed E-state index contributed by atoms with van der Waals surface area (Å²) in [6.07, 6.45) is 10.9. The first-order chi connectivity index (χ1) is 17.1. The molecule has 36 heavy (non-hydrogen) atoms. The van der Waals surface area contributed by atoms with Gasteiger partial charge in [-0.1, -0.05) is 44.6 Å². The van der Waals surface area contributed by atoms with Crippen LogP contribution < -0.4 is 4.74 Å². The number of aliphatic hydroxyl groups excluding tert-OH is 1. The summed E-state index contributed by atoms with van der Waals surface area (Å²) in [5.74, 6) is 2.17. The Morgan fingerprint density at radius 3 is 2.56 bits per heavy atom. The molecule has 1 aromatic rings. The predicted molar refractivity (Wildman–Crippen MR) is 139 cm³/mol. The monoisotopic (exact) mass is 502 g/mol. The minimum Gasteiger partial charge on any atom is -0.494 e. The lowest BCUT2D eigenvalue weighted by Crippen LogP contribution is -2.45. The molecule has 198 valence electrons. The van der Waals surface area contributed by atoms with Crippen LogP contribution >= 0.6 is 0 Å². The van der Waals surface area contributed by atoms with Crippen molar-refractivity contribution in [2.45, 2.75) is 90.3 Å². The topological polar surface area (TPSA) is 29.5 Å². The number of fused-ring (bicyclic) bond motifs is 1. The van der Waals surface area contributed by atoms with Gasteiger partial charge in [0.2, 0.25) is 0 Å². The second-order valence-electron chi connectivity index (χ2n) is 11.5. The molecule has 0 aromatic heterocycles. The number of hydrogen-bond acceptors (Lipinski definition) is 2. The Labute approximate surface area is 214 Å². The van der Waals surface area contributed by atoms with E-state index < -0.39 is 17.8 Å². The van der Waals surface area contributed by atoms with Crippen molar-refractivity contribution < 1.29 is 23.0 Å². The number of hydrogen-bond donors (Lipinski definition) is 1. The maximum absolute atomic E-state index is 12.8. The fraction of sp³-hybridized carbons (Fsp3) is 0.613. The van der Waals surface area contributed by atoms with Crippen LogP contribution in [0, 0.1) is 23.2 Å². The summed E-state index contributed by atoms with van der Waals surface area (Å²) >= 11 is 0. The minimum atomic E-state index is -4.32. The SMILES string of the molecule is C=C1/C(=C\C=C2/CCCC3(C)C2CCCC3[C@H](C)CCOc2ccc(C(F)(F)F)cc2)CCCC1O. The molecule has 0 heterocycles. The number of ether oxygens (including phenoxy) is 1. The summed E-state index contributed by atoms with van der Waals surface area (Å²) in [5.41, 5.74) is 3.26. The van der Waals surface area contributed by atoms with Crippen LogP contribution in [-0.4, -0.2) is 17.8 Å². The highest BCUT2D eigenvalue weighted by atomic mass is 19.4. The molecule has 0 aliphatic heterocycles. The van der Waals surface area contributed by atoms with E-state index >= 15 is 0 Å². The van der Waals surface area contributed by atoms with E-state index in [9.17, 15) is 18.3 Å². The minimum absolute atomic E-state index is 0.262. The molecule has 2 nitrogen and oxygen atoms in total. The van der Waals surface area contributed by atoms with E-state index in [1.807, 2.05) is 0 Å². The molecule has 1 aromatic carbocycles. The summed E-state index contributed by atoms with van der Waals surface area (Å²) in [4.78, 5) is 0. The number of allylic oxidation sites excluding steroid dienone is 3. The highest BCUT2D eigenvalue weighted by molar-refractivity contribution is 5.37. The third kappa shape index (κ3) is 5.93. The molecule has 3 fully saturated rings. The smallest absolute Gasteiger partial charge is 0.416 e. The number of rotatable bonds is 6. The lowest BCUT2D eigenvalue weighted by Gasteiger charge is -2.53. The summed E-state index contributed by atoms with van der Waals surface area (Å²) in [6.45, 7) is 9.45. The Bertz CT molecular complexity index is 975. The lowest BCUT2D eigenvalue weighted by molar-refractivity contribution is -0.137. The van der Waals surface area contributed by atoms with Crippen LogP contribution in [-0.2, 0) is 6.18 Å². The van der Waals surface area contributed by atoms with Gasteiger partial charge < -0.3 is 9.84 Å². The Morgan fingerprint density at radius 1 is 1.08 bits per heavy atom. The van der Waals surface area contributed by atoms with Gasteiger partial charge in [-0.3, -0.25) is 0 Å². The summed E-state index contributed by atoms with van der Waals surface area (Å²) < 4.78 is 44.2. The van der Waals surface area contributed by atoms with Crippen molar-refractivity contribution in [2.75, 3.05) is 6.61 Å². The zero-order valence-electron chi connectivity index (χ0n) is 21.7. The van der Waals surface area contributed by atoms with Crippen molar-refractivity contribution in [3.05, 3.63) is 65.3 Å². The van der Waals surface area contributed by atoms with Crippen molar-refractivity contribution in [2.24, 2.45) is 23.2 Å². The van der Waals surface area contributed by atoms with Gasteiger partial charge in [0.25, 0.3) is 0 Å². The molecule has 0 radical (unpaired) electrons. The second-order valence-corrected chi connectivity index (χ2v) is 11.5. The van der Waals surface area contributed by atoms with Crippen molar-refractivity contribution >= 4 is 0 Å². The van der Waals surface area contributed by atoms with Crippen molar-refractivity contribution in [3.8, 4) is 5.75 Å². The van der Waals surface area contributed by atoms with Gasteiger partial charge in [0.05, 0.1) is 18.3 Å². The Kier molecular flexibility index (Phi) is 8.38. The Hall–Kier alpha value is -2.01. The highest BCUT2D eigenvalue weighted by Gasteiger charge is 2.48. The van der Waals surface area contributed by atoms with Crippen LogP contribution in [0.15, 0.2) is 59.7 Å². The quantitative estimate of drug-likeness (QED) is 0.422. The molecule has 4 rings (SSSR count). The summed E-state index contributed by atoms with van der Waals surface area (Å²) in [5, 5.41) is 10.2. The molecule has 0 saturated heterocycles. The first-order valence-electron chi connectivity index (χ1n) is 13.7. The van der Waals surface area contributed by atoms with Crippen LogP contribution in [0.4, 0.5) is 13.2 Å². The van der Waals surface area contributed by atoms with Gasteiger partial charge in [0, 0.05) is 0 Å². The second kappa shape index (κ2) is 11.2. The van der Waals surface area contributed by atoms with Gasteiger partial charge in [-0.25, -0.2) is 0 Å². The average Bonchev–Trinajstić information content (AvgIpc) is 2.84. The molecule has 3 aliphatic rings. The normalized spacial score (nSPS) is 32.4. The van der Waals surface area contributed by atoms with Crippen LogP contribution in [0.5, 0.6) is 5.75 Å². The summed E-state index contributed by atoms with van der Waals surface area (Å²) in [7, 11) is 0. The van der Waals surface area contributed by atoms with Gasteiger partial charge in [0.15, 0.2) is 0 Å². The third-order valence-corrected chi connectivity index (χ3v) is 9.23. The maximum Gasteiger partial charge on any atom is 0.416 e. The maximum atomic E-state index is 12.8. The lowest BCUT2D eigenvalue weighted by atomic mass is 9.51. The highest BCUT2D eigenvalue weighted by Crippen LogP contribution is 2.57. The number of halogens is 3. The van der Waals surface area contributed by atoms with E-state index in [2.05, 4.69) is 32.6 Å². The molecule has 0 amide bonds. The van der Waals surface area contributed by atoms with E-state index in [4.69, 9.17) is 4.74 Å². The molecule has 0 bridgehead atoms. The average molecular weight is 503 g/mol. The fourth-order valence-electron chi connectivity index (χ4n) is 7.15. The third-order valence-electron chi connectivity index (χ3n) is 9.23. The molecule has 0 spiro atoms. The molecular weight excluding hydrogens is 461 g/mol. The zero-order chi connectivity index (χ0) is 25.9. The van der Waals surface area contributed by atoms with Gasteiger partial charge in [-0.2, -0.15) is 13.2 Å². The van der Waals surface area contributed by atoms with Gasteiger partial charge >= 0.3 is 6.18 Å². The predicted octanol–water partition coefficient (Wildman–Crippen LogP) is 8.67. The van der Waals surface area contributed by atoms with E-state index in [0.717, 1.165) is 49.8 Å². The van der Waals surface area contributed by atoms with E-state index in [1.165, 1.54) is 49.8 Å². The van der Waals surface area contributed by atoms with E-state index in [0.29, 0.717) is 30.1 Å². The Morgan fingerprint density at radius 2 is 1.83 bits per heavy atom. The standard InChI is InChI=1S/C31H41F3O2/c1-21(18-20-36-26-16-14-25(15-17-26)31(32,33)34)27-9-5-10-28-24(8-6-19-30(27,28)3)13-12-23-7-4-11-29(35)22(23)2/h12-17,21,27-29,35H,2,4-11,18-20H2,1,3H3/b23-12-,24-13+/t21-,27?,28?,29?,30?/m1/s1. The first-order valence-corrected chi connectivity index (χ1v) is 13.7. The molecule has 5 atom stereocenters. The van der Waals surface area contributed by atoms with E-state index in [-0.39, 0.29) is 5.41 Å². The van der Waals surface area contributed by atoms with Crippen LogP contribution in [0.3, 0.4) is 0 Å². The van der Waals surface area contributed by atoms with Crippen LogP contribution in [0.25, 0.3) is 0 Å². The number of alkyl halides is 3. The Balaban J connectivity index is 1.39. The molecule has 3 saturated carbocycles. The molecular formula is C31H41F3O2. The molecule has 4 unspecified atom stereocenters. The number of benzene rings is 1. The molecule has 5 heteroatoms. The van der Waals surface area contributed by atoms with Gasteiger partial charge in [-0.05, 0) is 116 Å². The van der Waals surface area contributed by atoms with Gasteiger partial charge in [-0.15, -0.1) is 0 Å². The van der Waals surface area contributed by atoms with Crippen LogP contribution in [0.1, 0.15) is 83.6 Å². The summed E-state index contributed by atoms with van der Waals surface area (Å²) in [6, 6.07) is 5.00. The van der Waals surface area contributed by atoms with E-state index in [1.54, 1.807) is 5.57 Å². The first kappa shape index (κ1) is 27.0. The molecule has 1 N–H and O–H groups in total. The van der Waals surface area contributed by atoms with Crippen molar-refractivity contribution in [1.29, 1.82) is 0 Å². The molecule has 3 aliphatic carbocycles. The largest absolute Gasteiger partial charge is 0.494 e. The van der Waals surface area contributed by atoms with Crippen molar-refractivity contribution in [3.63, 3.8) is 0 Å². The van der Waals surface area contributed by atoms with Crippen molar-refractivity contribution in [1.82, 2.24) is 0 Å². The zero-order valence-corrected chi connectivity index (χ0v) is 21.7.